The Balaban J connectivity index is 0. The molecule has 0 spiro atoms. The van der Waals surface area contributed by atoms with E-state index in [1.54, 1.807) is 0 Å². The molecular formula is C19H40. The van der Waals surface area contributed by atoms with E-state index in [1.807, 2.05) is 6.08 Å². The first-order valence-corrected chi connectivity index (χ1v) is 8.94. The first kappa shape index (κ1) is 21.0. The van der Waals surface area contributed by atoms with Crippen LogP contribution in [-0.2, 0) is 0 Å². The molecule has 0 aromatic carbocycles. The molecule has 0 bridgehead atoms. The van der Waals surface area contributed by atoms with Gasteiger partial charge in [-0.3, -0.25) is 0 Å². The van der Waals surface area contributed by atoms with Crippen LogP contribution >= 0.6 is 0 Å². The van der Waals surface area contributed by atoms with Crippen LogP contribution < -0.4 is 0 Å². The molecule has 0 aromatic heterocycles. The van der Waals surface area contributed by atoms with Crippen molar-refractivity contribution >= 4 is 0 Å². The van der Waals surface area contributed by atoms with E-state index in [4.69, 9.17) is 0 Å². The standard InChI is InChI=1S/C7H16.C7H14.C5H10/c2*1-3-5-7-6-4-2;1-2-4-5-3-1/h3-7H2,1-2H3;3H,1,4-7H2,2H3;1-5H2. The second-order valence-corrected chi connectivity index (χ2v) is 5.61. The average molecular weight is 269 g/mol. The summed E-state index contributed by atoms with van der Waals surface area (Å²) in [6, 6.07) is 0. The molecule has 1 aliphatic rings. The van der Waals surface area contributed by atoms with Crippen LogP contribution in [0.25, 0.3) is 0 Å². The number of allylic oxidation sites excluding steroid dienone is 1. The molecule has 0 aromatic rings. The monoisotopic (exact) mass is 268 g/mol. The van der Waals surface area contributed by atoms with E-state index < -0.39 is 0 Å². The van der Waals surface area contributed by atoms with E-state index in [0.717, 1.165) is 0 Å². The fourth-order valence-electron chi connectivity index (χ4n) is 2.10. The Hall–Kier alpha value is -0.260. The van der Waals surface area contributed by atoms with Crippen LogP contribution in [-0.4, -0.2) is 0 Å². The maximum Gasteiger partial charge on any atom is -0.0353 e. The fraction of sp³-hybridized carbons (Fsp3) is 0.895. The highest BCUT2D eigenvalue weighted by Gasteiger charge is 1.95. The van der Waals surface area contributed by atoms with E-state index in [-0.39, 0.29) is 0 Å². The third-order valence-corrected chi connectivity index (χ3v) is 3.47. The van der Waals surface area contributed by atoms with Crippen molar-refractivity contribution in [1.29, 1.82) is 0 Å². The zero-order chi connectivity index (χ0) is 14.6. The lowest BCUT2D eigenvalue weighted by Gasteiger charge is -1.90. The predicted molar refractivity (Wildman–Crippen MR) is 91.9 cm³/mol. The quantitative estimate of drug-likeness (QED) is 0.313. The van der Waals surface area contributed by atoms with Gasteiger partial charge in [0.15, 0.2) is 0 Å². The maximum absolute atomic E-state index is 3.63. The molecule has 19 heavy (non-hydrogen) atoms. The summed E-state index contributed by atoms with van der Waals surface area (Å²) in [5, 5.41) is 0. The highest BCUT2D eigenvalue weighted by Crippen LogP contribution is 2.15. The molecule has 0 N–H and O–H groups in total. The first-order valence-electron chi connectivity index (χ1n) is 8.94. The van der Waals surface area contributed by atoms with Gasteiger partial charge in [-0.2, -0.15) is 0 Å². The van der Waals surface area contributed by atoms with Gasteiger partial charge >= 0.3 is 0 Å². The normalized spacial score (nSPS) is 13.0. The fourth-order valence-corrected chi connectivity index (χ4v) is 2.10. The van der Waals surface area contributed by atoms with Crippen molar-refractivity contribution in [3.05, 3.63) is 12.7 Å². The van der Waals surface area contributed by atoms with Crippen LogP contribution in [0.5, 0.6) is 0 Å². The second-order valence-electron chi connectivity index (χ2n) is 5.61. The Morgan fingerprint density at radius 1 is 0.632 bits per heavy atom. The lowest BCUT2D eigenvalue weighted by molar-refractivity contribution is 0.656. The molecule has 1 saturated carbocycles. The van der Waals surface area contributed by atoms with Gasteiger partial charge in [0, 0.05) is 0 Å². The largest absolute Gasteiger partial charge is 0.103 e. The van der Waals surface area contributed by atoms with Crippen LogP contribution in [0.2, 0.25) is 0 Å². The Morgan fingerprint density at radius 2 is 1.00 bits per heavy atom. The zero-order valence-corrected chi connectivity index (χ0v) is 14.2. The van der Waals surface area contributed by atoms with Gasteiger partial charge in [-0.25, -0.2) is 0 Å². The molecule has 0 amide bonds. The minimum atomic E-state index is 1.19. The van der Waals surface area contributed by atoms with Gasteiger partial charge in [0.2, 0.25) is 0 Å². The minimum absolute atomic E-state index is 1.19. The summed E-state index contributed by atoms with van der Waals surface area (Å²) in [7, 11) is 0. The van der Waals surface area contributed by atoms with Crippen LogP contribution in [0.4, 0.5) is 0 Å². The Bertz CT molecular complexity index is 121. The molecule has 0 aliphatic heterocycles. The lowest BCUT2D eigenvalue weighted by atomic mass is 10.2. The Morgan fingerprint density at radius 3 is 1.32 bits per heavy atom. The first-order chi connectivity index (χ1) is 9.33. The van der Waals surface area contributed by atoms with Gasteiger partial charge in [-0.1, -0.05) is 104 Å². The summed E-state index contributed by atoms with van der Waals surface area (Å²) in [6.45, 7) is 10.3. The molecule has 0 radical (unpaired) electrons. The number of rotatable bonds is 8. The summed E-state index contributed by atoms with van der Waals surface area (Å²) in [5.74, 6) is 0. The van der Waals surface area contributed by atoms with E-state index in [2.05, 4.69) is 27.4 Å². The predicted octanol–water partition coefficient (Wildman–Crippen LogP) is 7.68. The van der Waals surface area contributed by atoms with Gasteiger partial charge in [-0.05, 0) is 12.8 Å². The SMILES string of the molecule is C1CCCC1.C=CCCCCC.CCCCCCC. The topological polar surface area (TPSA) is 0 Å². The van der Waals surface area contributed by atoms with Crippen LogP contribution in [0.15, 0.2) is 12.7 Å². The molecule has 0 atom stereocenters. The summed E-state index contributed by atoms with van der Waals surface area (Å²) >= 11 is 0. The molecule has 116 valence electrons. The summed E-state index contributed by atoms with van der Waals surface area (Å²) < 4.78 is 0. The molecule has 1 fully saturated rings. The Kier molecular flexibility index (Phi) is 25.3. The third-order valence-electron chi connectivity index (χ3n) is 3.47. The van der Waals surface area contributed by atoms with Gasteiger partial charge in [-0.15, -0.1) is 6.58 Å². The van der Waals surface area contributed by atoms with E-state index in [9.17, 15) is 0 Å². The summed E-state index contributed by atoms with van der Waals surface area (Å²) in [4.78, 5) is 0. The highest BCUT2D eigenvalue weighted by molar-refractivity contribution is 4.64. The average Bonchev–Trinajstić information content (AvgIpc) is 3.00. The van der Waals surface area contributed by atoms with Crippen molar-refractivity contribution in [3.8, 4) is 0 Å². The van der Waals surface area contributed by atoms with Gasteiger partial charge in [0.1, 0.15) is 0 Å². The summed E-state index contributed by atoms with van der Waals surface area (Å²) in [6.07, 6.45) is 21.7. The van der Waals surface area contributed by atoms with E-state index in [1.165, 1.54) is 89.9 Å². The minimum Gasteiger partial charge on any atom is -0.103 e. The number of hydrogen-bond donors (Lipinski definition) is 0. The molecule has 0 unspecified atom stereocenters. The zero-order valence-electron chi connectivity index (χ0n) is 14.2. The maximum atomic E-state index is 3.63. The highest BCUT2D eigenvalue weighted by atomic mass is 14.0. The molecule has 0 heteroatoms. The van der Waals surface area contributed by atoms with Crippen LogP contribution in [0.3, 0.4) is 0 Å². The molecule has 0 nitrogen and oxygen atoms in total. The lowest BCUT2D eigenvalue weighted by Crippen LogP contribution is -1.70. The van der Waals surface area contributed by atoms with Crippen molar-refractivity contribution in [3.63, 3.8) is 0 Å². The van der Waals surface area contributed by atoms with Gasteiger partial charge < -0.3 is 0 Å². The van der Waals surface area contributed by atoms with Crippen molar-refractivity contribution in [2.45, 2.75) is 111 Å². The van der Waals surface area contributed by atoms with Crippen molar-refractivity contribution in [1.82, 2.24) is 0 Å². The van der Waals surface area contributed by atoms with Gasteiger partial charge in [0.05, 0.1) is 0 Å². The third kappa shape index (κ3) is 27.1. The molecule has 1 rings (SSSR count). The molecular weight excluding hydrogens is 228 g/mol. The molecule has 0 heterocycles. The van der Waals surface area contributed by atoms with Crippen molar-refractivity contribution < 1.29 is 0 Å². The van der Waals surface area contributed by atoms with Crippen LogP contribution in [0.1, 0.15) is 111 Å². The van der Waals surface area contributed by atoms with E-state index >= 15 is 0 Å². The molecule has 0 saturated heterocycles. The number of hydrogen-bond acceptors (Lipinski definition) is 0. The van der Waals surface area contributed by atoms with E-state index in [0.29, 0.717) is 0 Å². The molecule has 1 aliphatic carbocycles. The van der Waals surface area contributed by atoms with Gasteiger partial charge in [0.25, 0.3) is 0 Å². The van der Waals surface area contributed by atoms with Crippen molar-refractivity contribution in [2.24, 2.45) is 0 Å². The summed E-state index contributed by atoms with van der Waals surface area (Å²) in [5.41, 5.74) is 0. The van der Waals surface area contributed by atoms with Crippen molar-refractivity contribution in [2.75, 3.05) is 0 Å². The number of unbranched alkanes of at least 4 members (excludes halogenated alkanes) is 7. The van der Waals surface area contributed by atoms with Crippen LogP contribution in [0, 0.1) is 0 Å². The second kappa shape index (κ2) is 22.9. The Labute approximate surface area is 124 Å². The smallest absolute Gasteiger partial charge is 0.0353 e.